The van der Waals surface area contributed by atoms with Crippen LogP contribution in [0.15, 0.2) is 28.8 Å². The number of fused-ring (bicyclic) bond motifs is 6. The summed E-state index contributed by atoms with van der Waals surface area (Å²) >= 11 is 0. The molecule has 312 valence electrons. The number of nitrogens with zero attached hydrogens (tertiary/aromatic N) is 1. The maximum Gasteiger partial charge on any atom is 0.303 e. The smallest absolute Gasteiger partial charge is 0.303 e. The fraction of sp³-hybridized carbons (Fsp3) is 0.844. The molecule has 6 saturated heterocycles. The lowest BCUT2D eigenvalue weighted by atomic mass is 9.57. The lowest BCUT2D eigenvalue weighted by Crippen LogP contribution is -2.62. The van der Waals surface area contributed by atoms with E-state index < -0.39 is 41.1 Å². The number of carbonyl (C=O) groups is 2. The highest BCUT2D eigenvalue weighted by Crippen LogP contribution is 2.59. The number of aliphatic imine (C=N–C) groups is 1. The minimum Gasteiger partial charge on any atom is -0.481 e. The van der Waals surface area contributed by atoms with Gasteiger partial charge in [-0.15, -0.1) is 0 Å². The van der Waals surface area contributed by atoms with Gasteiger partial charge in [-0.25, -0.2) is 0 Å². The van der Waals surface area contributed by atoms with Crippen LogP contribution in [0.5, 0.6) is 0 Å². The molecule has 0 aromatic heterocycles. The molecule has 56 heavy (non-hydrogen) atoms. The second kappa shape index (κ2) is 14.9. The largest absolute Gasteiger partial charge is 0.481 e. The van der Waals surface area contributed by atoms with Gasteiger partial charge in [0.25, 0.3) is 0 Å². The maximum atomic E-state index is 13.7. The van der Waals surface area contributed by atoms with E-state index in [-0.39, 0.29) is 60.1 Å². The third-order valence-electron chi connectivity index (χ3n) is 15.6. The van der Waals surface area contributed by atoms with E-state index >= 15 is 0 Å². The summed E-state index contributed by atoms with van der Waals surface area (Å²) in [4.78, 5) is 30.7. The maximum absolute atomic E-state index is 13.7. The normalized spacial score (nSPS) is 49.5. The van der Waals surface area contributed by atoms with Crippen LogP contribution in [0.1, 0.15) is 144 Å². The van der Waals surface area contributed by atoms with Crippen molar-refractivity contribution >= 4 is 17.5 Å². The van der Waals surface area contributed by atoms with Gasteiger partial charge in [-0.2, -0.15) is 0 Å². The van der Waals surface area contributed by atoms with Crippen molar-refractivity contribution in [3.05, 3.63) is 23.8 Å². The molecular weight excluding hydrogens is 714 g/mol. The van der Waals surface area contributed by atoms with Crippen LogP contribution in [0.3, 0.4) is 0 Å². The van der Waals surface area contributed by atoms with Gasteiger partial charge in [0, 0.05) is 62.1 Å². The van der Waals surface area contributed by atoms with Crippen molar-refractivity contribution in [3.63, 3.8) is 0 Å². The molecule has 11 heteroatoms. The van der Waals surface area contributed by atoms with E-state index in [0.717, 1.165) is 50.6 Å². The van der Waals surface area contributed by atoms with Gasteiger partial charge in [-0.05, 0) is 100 Å². The topological polar surface area (TPSA) is 153 Å². The molecule has 0 radical (unpaired) electrons. The van der Waals surface area contributed by atoms with Crippen molar-refractivity contribution in [2.45, 2.75) is 197 Å². The van der Waals surface area contributed by atoms with E-state index in [1.54, 1.807) is 0 Å². The van der Waals surface area contributed by atoms with Crippen molar-refractivity contribution < 1.29 is 48.6 Å². The van der Waals surface area contributed by atoms with Crippen LogP contribution < -0.4 is 0 Å². The van der Waals surface area contributed by atoms with E-state index in [2.05, 4.69) is 33.4 Å². The van der Waals surface area contributed by atoms with Gasteiger partial charge in [0.1, 0.15) is 5.60 Å². The lowest BCUT2D eigenvalue weighted by molar-refractivity contribution is -0.411. The summed E-state index contributed by atoms with van der Waals surface area (Å²) in [5, 5.41) is 33.1. The number of rotatable bonds is 4. The van der Waals surface area contributed by atoms with Gasteiger partial charge in [0.15, 0.2) is 17.4 Å². The third kappa shape index (κ3) is 7.32. The Kier molecular flexibility index (Phi) is 10.9. The van der Waals surface area contributed by atoms with E-state index in [4.69, 9.17) is 28.7 Å². The van der Waals surface area contributed by atoms with Crippen LogP contribution in [0, 0.1) is 35.0 Å². The van der Waals surface area contributed by atoms with Gasteiger partial charge in [-0.3, -0.25) is 14.6 Å². The van der Waals surface area contributed by atoms with Gasteiger partial charge in [0.05, 0.1) is 36.9 Å². The molecule has 4 unspecified atom stereocenters. The zero-order valence-corrected chi connectivity index (χ0v) is 34.4. The number of carboxylic acids is 1. The van der Waals surface area contributed by atoms with Crippen molar-refractivity contribution in [1.82, 2.24) is 0 Å². The van der Waals surface area contributed by atoms with Crippen LogP contribution in [-0.4, -0.2) is 92.8 Å². The third-order valence-corrected chi connectivity index (χ3v) is 15.6. The highest BCUT2D eigenvalue weighted by atomic mass is 16.8. The number of hydrogen-bond acceptors (Lipinski definition) is 10. The van der Waals surface area contributed by atoms with E-state index in [1.165, 1.54) is 5.71 Å². The summed E-state index contributed by atoms with van der Waals surface area (Å²) in [6.07, 6.45) is 9.69. The zero-order valence-electron chi connectivity index (χ0n) is 34.4. The summed E-state index contributed by atoms with van der Waals surface area (Å²) < 4.78 is 35.2. The number of allylic oxidation sites excluding steroid dienone is 1. The van der Waals surface area contributed by atoms with E-state index in [0.29, 0.717) is 75.2 Å². The second-order valence-corrected chi connectivity index (χ2v) is 20.0. The molecule has 7 heterocycles. The number of carbonyl (C=O) groups excluding carboxylic acids is 1. The number of ether oxygens (including phenoxy) is 5. The van der Waals surface area contributed by atoms with Crippen molar-refractivity contribution in [2.24, 2.45) is 40.0 Å². The SMILES string of the molecule is C=C1CCCC2=NCC(C)[C@H](C)CC23CCC(C(=O)CCC(=O)O)=C[C@H]3[C@H]2O[C@]3(C[C@H](C)C[C@@H]2O3)C[C@H]2OC3(CC[C@]4(OC(CC[C@]4(C)O)C1)O3)C[C@@H](C)[C@H]2O. The average Bonchev–Trinajstić information content (AvgIpc) is 3.57. The summed E-state index contributed by atoms with van der Waals surface area (Å²) in [5.74, 6) is -3.66. The Labute approximate surface area is 333 Å². The Morgan fingerprint density at radius 2 is 1.66 bits per heavy atom. The van der Waals surface area contributed by atoms with Crippen LogP contribution in [0.2, 0.25) is 0 Å². The summed E-state index contributed by atoms with van der Waals surface area (Å²) in [5.41, 5.74) is 1.43. The molecule has 6 fully saturated rings. The standard InChI is InChI=1S/C45H67NO10/c1-26-8-7-9-37-42(22-28(3)30(5)25-46-37)15-12-31(34(47)10-11-38(48)49)20-33(42)40-35-19-27(2)21-44(53-35,55-40)24-36-39(50)29(4)23-43(54-36)16-17-45(56-43)41(6,51)14-13-32(18-26)52-45/h20,27-30,32-33,35-36,39-40,50-51H,1,7-19,21-25H2,2-6H3,(H,48,49)/t27-,28-,29-,30?,32?,33+,35+,36-,39-,40-,41+,42?,43?,44-,45+/m1/s1. The van der Waals surface area contributed by atoms with Gasteiger partial charge in [0.2, 0.25) is 5.79 Å². The average molecular weight is 782 g/mol. The first-order valence-electron chi connectivity index (χ1n) is 21.9. The molecule has 0 saturated carbocycles. The minimum atomic E-state index is -1.23. The first-order valence-corrected chi connectivity index (χ1v) is 21.9. The molecule has 15 atom stereocenters. The molecule has 7 aliphatic heterocycles. The van der Waals surface area contributed by atoms with Crippen molar-refractivity contribution in [2.75, 3.05) is 6.54 Å². The van der Waals surface area contributed by atoms with Crippen LogP contribution in [0.25, 0.3) is 0 Å². The number of aliphatic hydroxyl groups excluding tert-OH is 1. The van der Waals surface area contributed by atoms with Crippen LogP contribution in [-0.2, 0) is 33.3 Å². The lowest BCUT2D eigenvalue weighted by Gasteiger charge is -2.51. The van der Waals surface area contributed by atoms with Crippen LogP contribution >= 0.6 is 0 Å². The molecular formula is C45H67NO10. The van der Waals surface area contributed by atoms with Gasteiger partial charge >= 0.3 is 5.97 Å². The fourth-order valence-electron chi connectivity index (χ4n) is 12.3. The first-order chi connectivity index (χ1) is 26.5. The monoisotopic (exact) mass is 781 g/mol. The minimum absolute atomic E-state index is 0.0237. The number of Topliss-reactive ketones (excluding diaryl/α,β-unsaturated/α-hetero) is 1. The Morgan fingerprint density at radius 3 is 2.45 bits per heavy atom. The molecule has 11 nitrogen and oxygen atoms in total. The number of ketones is 1. The molecule has 1 aliphatic carbocycles. The van der Waals surface area contributed by atoms with Gasteiger partial charge in [-0.1, -0.05) is 45.9 Å². The highest BCUT2D eigenvalue weighted by Gasteiger charge is 2.66. The molecule has 4 spiro atoms. The number of aliphatic carboxylic acids is 1. The van der Waals surface area contributed by atoms with Crippen LogP contribution in [0.4, 0.5) is 0 Å². The fourth-order valence-corrected chi connectivity index (χ4v) is 12.3. The Morgan fingerprint density at radius 1 is 0.875 bits per heavy atom. The molecule has 0 aromatic carbocycles. The molecule has 0 amide bonds. The Hall–Kier alpha value is -1.99. The number of hydrogen-bond donors (Lipinski definition) is 3. The number of aliphatic hydroxyl groups is 2. The second-order valence-electron chi connectivity index (χ2n) is 20.0. The van der Waals surface area contributed by atoms with Crippen molar-refractivity contribution in [1.29, 1.82) is 0 Å². The summed E-state index contributed by atoms with van der Waals surface area (Å²) in [6.45, 7) is 16.0. The Balaban J connectivity index is 1.21. The molecule has 8 rings (SSSR count). The summed E-state index contributed by atoms with van der Waals surface area (Å²) in [6, 6.07) is 0. The Bertz CT molecular complexity index is 1620. The summed E-state index contributed by atoms with van der Waals surface area (Å²) in [7, 11) is 0. The molecule has 3 N–H and O–H groups in total. The van der Waals surface area contributed by atoms with Crippen molar-refractivity contribution in [3.8, 4) is 0 Å². The predicted octanol–water partition coefficient (Wildman–Crippen LogP) is 7.21. The molecule has 7 bridgehead atoms. The number of carboxylic acid groups (broad SMARTS) is 1. The molecule has 0 aromatic rings. The zero-order chi connectivity index (χ0) is 39.8. The van der Waals surface area contributed by atoms with Gasteiger partial charge < -0.3 is 39.0 Å². The van der Waals surface area contributed by atoms with E-state index in [9.17, 15) is 24.9 Å². The quantitative estimate of drug-likeness (QED) is 0.250. The first kappa shape index (κ1) is 40.8. The van der Waals surface area contributed by atoms with E-state index in [1.807, 2.05) is 13.8 Å². The highest BCUT2D eigenvalue weighted by molar-refractivity contribution is 5.98. The predicted molar refractivity (Wildman–Crippen MR) is 209 cm³/mol. The molecule has 8 aliphatic rings.